The normalized spacial score (nSPS) is 10.3. The second-order valence-corrected chi connectivity index (χ2v) is 5.36. The maximum Gasteiger partial charge on any atom is 0.307 e. The molecule has 0 bridgehead atoms. The van der Waals surface area contributed by atoms with Crippen LogP contribution in [0.1, 0.15) is 6.42 Å². The van der Waals surface area contributed by atoms with E-state index in [2.05, 4.69) is 26.0 Å². The highest BCUT2D eigenvalue weighted by atomic mass is 79.9. The molecule has 2 aromatic rings. The van der Waals surface area contributed by atoms with Crippen molar-refractivity contribution in [3.8, 4) is 5.75 Å². The molecule has 0 saturated carbocycles. The van der Waals surface area contributed by atoms with Gasteiger partial charge >= 0.3 is 5.97 Å². The zero-order chi connectivity index (χ0) is 15.9. The van der Waals surface area contributed by atoms with E-state index < -0.39 is 0 Å². The molecule has 22 heavy (non-hydrogen) atoms. The Labute approximate surface area is 136 Å². The van der Waals surface area contributed by atoms with E-state index in [4.69, 9.17) is 4.74 Å². The van der Waals surface area contributed by atoms with Crippen molar-refractivity contribution < 1.29 is 19.1 Å². The molecule has 1 N–H and O–H groups in total. The molecular weight excluding hydrogens is 350 g/mol. The van der Waals surface area contributed by atoms with E-state index in [0.29, 0.717) is 5.75 Å². The number of fused-ring (bicyclic) bond motifs is 1. The molecule has 1 amide bonds. The van der Waals surface area contributed by atoms with Crippen molar-refractivity contribution in [2.45, 2.75) is 6.42 Å². The number of nitrogens with one attached hydrogen (secondary N) is 1. The number of carbonyl (C=O) groups is 2. The number of esters is 1. The summed E-state index contributed by atoms with van der Waals surface area (Å²) in [5.74, 6) is -0.0516. The SMILES string of the molecule is COC(=O)CCNC(=O)COc1ccc2ccccc2c1Br. The van der Waals surface area contributed by atoms with Crippen LogP contribution >= 0.6 is 15.9 Å². The molecule has 0 saturated heterocycles. The van der Waals surface area contributed by atoms with E-state index >= 15 is 0 Å². The quantitative estimate of drug-likeness (QED) is 0.799. The van der Waals surface area contributed by atoms with Gasteiger partial charge in [0.15, 0.2) is 6.61 Å². The molecule has 0 atom stereocenters. The lowest BCUT2D eigenvalue weighted by Gasteiger charge is -2.10. The van der Waals surface area contributed by atoms with E-state index in [0.717, 1.165) is 15.2 Å². The molecule has 0 aromatic heterocycles. The minimum atomic E-state index is -0.363. The summed E-state index contributed by atoms with van der Waals surface area (Å²) < 4.78 is 10.8. The van der Waals surface area contributed by atoms with Crippen LogP contribution in [0, 0.1) is 0 Å². The minimum Gasteiger partial charge on any atom is -0.483 e. The third-order valence-electron chi connectivity index (χ3n) is 3.07. The van der Waals surface area contributed by atoms with Gasteiger partial charge in [-0.15, -0.1) is 0 Å². The van der Waals surface area contributed by atoms with Gasteiger partial charge in [0.1, 0.15) is 5.75 Å². The van der Waals surface area contributed by atoms with Crippen LogP contribution in [0.25, 0.3) is 10.8 Å². The van der Waals surface area contributed by atoms with Crippen molar-refractivity contribution in [1.82, 2.24) is 5.32 Å². The van der Waals surface area contributed by atoms with E-state index in [1.54, 1.807) is 0 Å². The Morgan fingerprint density at radius 3 is 2.73 bits per heavy atom. The predicted molar refractivity (Wildman–Crippen MR) is 86.8 cm³/mol. The first-order valence-corrected chi connectivity index (χ1v) is 7.54. The number of ether oxygens (including phenoxy) is 2. The first-order chi connectivity index (χ1) is 10.6. The van der Waals surface area contributed by atoms with Crippen LogP contribution in [0.5, 0.6) is 5.75 Å². The van der Waals surface area contributed by atoms with Gasteiger partial charge in [-0.3, -0.25) is 9.59 Å². The number of amides is 1. The molecule has 0 unspecified atom stereocenters. The van der Waals surface area contributed by atoms with Crippen LogP contribution in [-0.2, 0) is 14.3 Å². The number of hydrogen-bond donors (Lipinski definition) is 1. The first-order valence-electron chi connectivity index (χ1n) is 6.75. The summed E-state index contributed by atoms with van der Waals surface area (Å²) in [6, 6.07) is 11.6. The van der Waals surface area contributed by atoms with Crippen molar-refractivity contribution >= 4 is 38.6 Å². The van der Waals surface area contributed by atoms with E-state index in [1.807, 2.05) is 36.4 Å². The smallest absolute Gasteiger partial charge is 0.307 e. The van der Waals surface area contributed by atoms with Gasteiger partial charge in [0.2, 0.25) is 0 Å². The molecule has 5 nitrogen and oxygen atoms in total. The van der Waals surface area contributed by atoms with Gasteiger partial charge in [-0.1, -0.05) is 30.3 Å². The summed E-state index contributed by atoms with van der Waals surface area (Å²) in [6.45, 7) is 0.117. The standard InChI is InChI=1S/C16H16BrNO4/c1-21-15(20)8-9-18-14(19)10-22-13-7-6-11-4-2-3-5-12(11)16(13)17/h2-7H,8-10H2,1H3,(H,18,19). The Morgan fingerprint density at radius 2 is 1.95 bits per heavy atom. The molecule has 0 fully saturated rings. The summed E-state index contributed by atoms with van der Waals surface area (Å²) in [5.41, 5.74) is 0. The zero-order valence-electron chi connectivity index (χ0n) is 12.1. The monoisotopic (exact) mass is 365 g/mol. The molecule has 2 aromatic carbocycles. The zero-order valence-corrected chi connectivity index (χ0v) is 13.7. The topological polar surface area (TPSA) is 64.6 Å². The van der Waals surface area contributed by atoms with E-state index in [9.17, 15) is 9.59 Å². The van der Waals surface area contributed by atoms with Gasteiger partial charge in [-0.05, 0) is 32.8 Å². The van der Waals surface area contributed by atoms with E-state index in [1.165, 1.54) is 7.11 Å². The number of benzene rings is 2. The van der Waals surface area contributed by atoms with Crippen molar-refractivity contribution in [1.29, 1.82) is 0 Å². The molecule has 0 aliphatic heterocycles. The third kappa shape index (κ3) is 4.21. The largest absolute Gasteiger partial charge is 0.483 e. The van der Waals surface area contributed by atoms with Gasteiger partial charge in [0, 0.05) is 6.54 Å². The summed E-state index contributed by atoms with van der Waals surface area (Å²) >= 11 is 3.50. The molecule has 116 valence electrons. The summed E-state index contributed by atoms with van der Waals surface area (Å²) in [5, 5.41) is 4.70. The second-order valence-electron chi connectivity index (χ2n) is 4.56. The lowest BCUT2D eigenvalue weighted by atomic mass is 10.1. The molecule has 2 rings (SSSR count). The summed E-state index contributed by atoms with van der Waals surface area (Å²) in [7, 11) is 1.31. The highest BCUT2D eigenvalue weighted by molar-refractivity contribution is 9.10. The van der Waals surface area contributed by atoms with Gasteiger partial charge in [0.05, 0.1) is 18.0 Å². The van der Waals surface area contributed by atoms with Crippen LogP contribution in [0.15, 0.2) is 40.9 Å². The fraction of sp³-hybridized carbons (Fsp3) is 0.250. The van der Waals surface area contributed by atoms with Crippen molar-refractivity contribution in [3.05, 3.63) is 40.9 Å². The average molecular weight is 366 g/mol. The van der Waals surface area contributed by atoms with Crippen LogP contribution in [0.3, 0.4) is 0 Å². The fourth-order valence-corrected chi connectivity index (χ4v) is 2.53. The highest BCUT2D eigenvalue weighted by Gasteiger charge is 2.09. The number of halogens is 1. The van der Waals surface area contributed by atoms with Crippen LogP contribution in [0.4, 0.5) is 0 Å². The first kappa shape index (κ1) is 16.3. The molecule has 0 radical (unpaired) electrons. The van der Waals surface area contributed by atoms with Gasteiger partial charge in [-0.2, -0.15) is 0 Å². The van der Waals surface area contributed by atoms with Crippen LogP contribution in [0.2, 0.25) is 0 Å². The Bertz CT molecular complexity index is 687. The van der Waals surface area contributed by atoms with Gasteiger partial charge in [-0.25, -0.2) is 0 Å². The Balaban J connectivity index is 1.90. The van der Waals surface area contributed by atoms with Gasteiger partial charge in [0.25, 0.3) is 5.91 Å². The third-order valence-corrected chi connectivity index (χ3v) is 3.88. The molecule has 0 spiro atoms. The fourth-order valence-electron chi connectivity index (χ4n) is 1.93. The molecule has 0 aliphatic carbocycles. The highest BCUT2D eigenvalue weighted by Crippen LogP contribution is 2.32. The van der Waals surface area contributed by atoms with Crippen LogP contribution < -0.4 is 10.1 Å². The summed E-state index contributed by atoms with van der Waals surface area (Å²) in [4.78, 5) is 22.6. The lowest BCUT2D eigenvalue weighted by Crippen LogP contribution is -2.30. The Kier molecular flexibility index (Phi) is 5.77. The lowest BCUT2D eigenvalue weighted by molar-refractivity contribution is -0.140. The Hall–Kier alpha value is -2.08. The Morgan fingerprint density at radius 1 is 1.18 bits per heavy atom. The number of hydrogen-bond acceptors (Lipinski definition) is 4. The molecule has 6 heteroatoms. The maximum atomic E-state index is 11.7. The van der Waals surface area contributed by atoms with Crippen molar-refractivity contribution in [2.24, 2.45) is 0 Å². The number of carbonyl (C=O) groups excluding carboxylic acids is 2. The molecule has 0 heterocycles. The molecule has 0 aliphatic rings. The maximum absolute atomic E-state index is 11.7. The van der Waals surface area contributed by atoms with Crippen molar-refractivity contribution in [3.63, 3.8) is 0 Å². The van der Waals surface area contributed by atoms with Crippen molar-refractivity contribution in [2.75, 3.05) is 20.3 Å². The average Bonchev–Trinajstić information content (AvgIpc) is 2.54. The van der Waals surface area contributed by atoms with E-state index in [-0.39, 0.29) is 31.4 Å². The molecular formula is C16H16BrNO4. The minimum absolute atomic E-state index is 0.113. The predicted octanol–water partition coefficient (Wildman–Crippen LogP) is 2.66. The van der Waals surface area contributed by atoms with Gasteiger partial charge < -0.3 is 14.8 Å². The summed E-state index contributed by atoms with van der Waals surface area (Å²) in [6.07, 6.45) is 0.141. The number of rotatable bonds is 6. The number of methoxy groups -OCH3 is 1. The van der Waals surface area contributed by atoms with Crippen LogP contribution in [-0.4, -0.2) is 32.1 Å². The second kappa shape index (κ2) is 7.79.